The summed E-state index contributed by atoms with van der Waals surface area (Å²) in [5.74, 6) is -0.684. The van der Waals surface area contributed by atoms with Crippen LogP contribution < -0.4 is 10.6 Å². The third-order valence-corrected chi connectivity index (χ3v) is 4.83. The summed E-state index contributed by atoms with van der Waals surface area (Å²) in [6.07, 6.45) is -5.65. The van der Waals surface area contributed by atoms with Gasteiger partial charge in [-0.1, -0.05) is 30.3 Å². The molecule has 166 valence electrons. The van der Waals surface area contributed by atoms with E-state index < -0.39 is 41.0 Å². The van der Waals surface area contributed by atoms with Crippen molar-refractivity contribution in [3.63, 3.8) is 0 Å². The van der Waals surface area contributed by atoms with Gasteiger partial charge in [0.05, 0.1) is 11.6 Å². The maximum Gasteiger partial charge on any atom is 0.416 e. The van der Waals surface area contributed by atoms with Crippen molar-refractivity contribution in [2.45, 2.75) is 50.6 Å². The Hall–Kier alpha value is -3.07. The molecule has 2 unspecified atom stereocenters. The van der Waals surface area contributed by atoms with E-state index in [1.807, 2.05) is 0 Å². The Bertz CT molecular complexity index is 983. The number of halogens is 3. The molecule has 1 heterocycles. The van der Waals surface area contributed by atoms with Gasteiger partial charge >= 0.3 is 12.3 Å². The van der Waals surface area contributed by atoms with Crippen molar-refractivity contribution < 1.29 is 32.6 Å². The molecule has 9 heteroatoms. The second-order valence-electron chi connectivity index (χ2n) is 8.38. The number of aliphatic hydroxyl groups is 1. The van der Waals surface area contributed by atoms with Crippen molar-refractivity contribution in [1.82, 2.24) is 5.32 Å². The zero-order valence-electron chi connectivity index (χ0n) is 17.2. The number of ether oxygens (including phenoxy) is 1. The first-order valence-corrected chi connectivity index (χ1v) is 9.59. The van der Waals surface area contributed by atoms with Crippen molar-refractivity contribution in [1.29, 1.82) is 0 Å². The number of alkyl carbamates (subject to hydrolysis) is 1. The maximum atomic E-state index is 12.9. The molecular formula is C22H23F3N2O4. The minimum absolute atomic E-state index is 0.282. The molecule has 0 fully saturated rings. The maximum absolute atomic E-state index is 12.9. The molecule has 0 aromatic heterocycles. The van der Waals surface area contributed by atoms with E-state index in [4.69, 9.17) is 4.74 Å². The van der Waals surface area contributed by atoms with Crippen molar-refractivity contribution in [3.8, 4) is 0 Å². The predicted molar refractivity (Wildman–Crippen MR) is 107 cm³/mol. The van der Waals surface area contributed by atoms with E-state index in [1.54, 1.807) is 45.0 Å². The van der Waals surface area contributed by atoms with Crippen molar-refractivity contribution in [3.05, 3.63) is 65.2 Å². The van der Waals surface area contributed by atoms with Gasteiger partial charge in [-0.05, 0) is 44.5 Å². The summed E-state index contributed by atoms with van der Waals surface area (Å²) < 4.78 is 44.1. The molecule has 2 aromatic carbocycles. The highest BCUT2D eigenvalue weighted by Crippen LogP contribution is 2.42. The van der Waals surface area contributed by atoms with Crippen LogP contribution in [0.5, 0.6) is 0 Å². The minimum Gasteiger partial charge on any atom is -0.444 e. The molecule has 0 saturated heterocycles. The molecule has 0 aliphatic carbocycles. The van der Waals surface area contributed by atoms with Gasteiger partial charge in [-0.25, -0.2) is 4.79 Å². The van der Waals surface area contributed by atoms with Crippen LogP contribution in [0.3, 0.4) is 0 Å². The average Bonchev–Trinajstić information content (AvgIpc) is 2.90. The summed E-state index contributed by atoms with van der Waals surface area (Å²) in [6, 6.07) is 9.70. The van der Waals surface area contributed by atoms with Gasteiger partial charge in [0, 0.05) is 17.7 Å². The average molecular weight is 436 g/mol. The van der Waals surface area contributed by atoms with Gasteiger partial charge < -0.3 is 20.5 Å². The normalized spacial score (nSPS) is 19.4. The molecule has 1 aliphatic rings. The number of anilines is 1. The Morgan fingerprint density at radius 3 is 2.32 bits per heavy atom. The van der Waals surface area contributed by atoms with Crippen LogP contribution in [0, 0.1) is 0 Å². The molecule has 6 nitrogen and oxygen atoms in total. The van der Waals surface area contributed by atoms with Gasteiger partial charge in [0.15, 0.2) is 5.60 Å². The summed E-state index contributed by atoms with van der Waals surface area (Å²) in [4.78, 5) is 24.9. The van der Waals surface area contributed by atoms with Gasteiger partial charge in [-0.15, -0.1) is 0 Å². The van der Waals surface area contributed by atoms with Crippen LogP contribution in [0.25, 0.3) is 0 Å². The smallest absolute Gasteiger partial charge is 0.416 e. The molecule has 31 heavy (non-hydrogen) atoms. The second-order valence-corrected chi connectivity index (χ2v) is 8.38. The van der Waals surface area contributed by atoms with Gasteiger partial charge in [-0.2, -0.15) is 13.2 Å². The van der Waals surface area contributed by atoms with Gasteiger partial charge in [0.1, 0.15) is 5.60 Å². The highest BCUT2D eigenvalue weighted by atomic mass is 19.4. The van der Waals surface area contributed by atoms with E-state index in [9.17, 15) is 27.9 Å². The van der Waals surface area contributed by atoms with Crippen LogP contribution in [0.4, 0.5) is 23.7 Å². The van der Waals surface area contributed by atoms with Gasteiger partial charge in [0.25, 0.3) is 5.91 Å². The Balaban J connectivity index is 1.94. The minimum atomic E-state index is -4.52. The Kier molecular flexibility index (Phi) is 5.75. The zero-order chi connectivity index (χ0) is 23.0. The number of nitrogens with one attached hydrogen (secondary N) is 2. The standard InChI is InChI=1S/C22H23F3N2O4/c1-20(2,3)31-19(29)27-17(13-8-10-14(11-9-13)22(23,24)25)12-21(30)15-6-4-5-7-16(15)26-18(21)28/h4-11,17,30H,12H2,1-3H3,(H,26,28)(H,27,29). The number of para-hydroxylation sites is 1. The van der Waals surface area contributed by atoms with E-state index in [2.05, 4.69) is 10.6 Å². The number of carbonyl (C=O) groups is 2. The van der Waals surface area contributed by atoms with Crippen molar-refractivity contribution >= 4 is 17.7 Å². The molecule has 0 spiro atoms. The van der Waals surface area contributed by atoms with E-state index in [-0.39, 0.29) is 12.0 Å². The number of fused-ring (bicyclic) bond motifs is 1. The molecule has 2 aromatic rings. The first-order chi connectivity index (χ1) is 14.3. The number of rotatable bonds is 4. The van der Waals surface area contributed by atoms with Gasteiger partial charge in [-0.3, -0.25) is 4.79 Å². The number of alkyl halides is 3. The van der Waals surface area contributed by atoms with E-state index in [0.717, 1.165) is 12.1 Å². The molecule has 0 radical (unpaired) electrons. The van der Waals surface area contributed by atoms with Crippen LogP contribution in [0.2, 0.25) is 0 Å². The van der Waals surface area contributed by atoms with Crippen LogP contribution in [-0.4, -0.2) is 22.7 Å². The fraction of sp³-hybridized carbons (Fsp3) is 0.364. The van der Waals surface area contributed by atoms with E-state index in [1.165, 1.54) is 12.1 Å². The SMILES string of the molecule is CC(C)(C)OC(=O)NC(CC1(O)C(=O)Nc2ccccc21)c1ccc(C(F)(F)F)cc1. The lowest BCUT2D eigenvalue weighted by Gasteiger charge is -2.29. The lowest BCUT2D eigenvalue weighted by Crippen LogP contribution is -2.41. The topological polar surface area (TPSA) is 87.7 Å². The lowest BCUT2D eigenvalue weighted by molar-refractivity contribution is -0.137. The predicted octanol–water partition coefficient (Wildman–Crippen LogP) is 4.50. The van der Waals surface area contributed by atoms with Crippen LogP contribution >= 0.6 is 0 Å². The highest BCUT2D eigenvalue weighted by Gasteiger charge is 2.47. The molecule has 0 saturated carbocycles. The van der Waals surface area contributed by atoms with Crippen LogP contribution in [-0.2, 0) is 21.3 Å². The Morgan fingerprint density at radius 1 is 1.13 bits per heavy atom. The quantitative estimate of drug-likeness (QED) is 0.659. The molecule has 3 rings (SSSR count). The molecular weight excluding hydrogens is 413 g/mol. The summed E-state index contributed by atoms with van der Waals surface area (Å²) in [7, 11) is 0. The third-order valence-electron chi connectivity index (χ3n) is 4.83. The number of hydrogen-bond donors (Lipinski definition) is 3. The van der Waals surface area contributed by atoms with Crippen molar-refractivity contribution in [2.75, 3.05) is 5.32 Å². The van der Waals surface area contributed by atoms with E-state index in [0.29, 0.717) is 11.3 Å². The second kappa shape index (κ2) is 7.88. The summed E-state index contributed by atoms with van der Waals surface area (Å²) >= 11 is 0. The molecule has 0 bridgehead atoms. The Morgan fingerprint density at radius 2 is 1.74 bits per heavy atom. The number of carbonyl (C=O) groups excluding carboxylic acids is 2. The number of amides is 2. The summed E-state index contributed by atoms with van der Waals surface area (Å²) in [5.41, 5.74) is -2.62. The first-order valence-electron chi connectivity index (χ1n) is 9.59. The molecule has 2 amide bonds. The fourth-order valence-electron chi connectivity index (χ4n) is 3.41. The van der Waals surface area contributed by atoms with Crippen LogP contribution in [0.15, 0.2) is 48.5 Å². The van der Waals surface area contributed by atoms with Gasteiger partial charge in [0.2, 0.25) is 0 Å². The van der Waals surface area contributed by atoms with Crippen LogP contribution in [0.1, 0.15) is 49.9 Å². The number of benzene rings is 2. The molecule has 2 atom stereocenters. The molecule has 1 aliphatic heterocycles. The van der Waals surface area contributed by atoms with Crippen molar-refractivity contribution in [2.24, 2.45) is 0 Å². The highest BCUT2D eigenvalue weighted by molar-refractivity contribution is 6.04. The summed E-state index contributed by atoms with van der Waals surface area (Å²) in [5, 5.41) is 16.3. The molecule has 3 N–H and O–H groups in total. The third kappa shape index (κ3) is 4.99. The first kappa shape index (κ1) is 22.6. The largest absolute Gasteiger partial charge is 0.444 e. The number of hydrogen-bond acceptors (Lipinski definition) is 4. The lowest BCUT2D eigenvalue weighted by atomic mass is 9.86. The fourth-order valence-corrected chi connectivity index (χ4v) is 3.41. The monoisotopic (exact) mass is 436 g/mol. The Labute approximate surface area is 177 Å². The zero-order valence-corrected chi connectivity index (χ0v) is 17.2. The summed E-state index contributed by atoms with van der Waals surface area (Å²) in [6.45, 7) is 4.98. The van der Waals surface area contributed by atoms with E-state index >= 15 is 0 Å².